The molecule has 0 aromatic carbocycles. The minimum atomic E-state index is -0.340. The van der Waals surface area contributed by atoms with Crippen LogP contribution in [0, 0.1) is 0 Å². The number of nitrogens with zero attached hydrogens (tertiary/aromatic N) is 1. The van der Waals surface area contributed by atoms with Crippen molar-refractivity contribution in [1.29, 1.82) is 0 Å². The SMILES string of the molecule is CCCCCCc1nc(N)c(N)c(=O)[nH]1. The average Bonchev–Trinajstić information content (AvgIpc) is 2.21. The van der Waals surface area contributed by atoms with Gasteiger partial charge in [0.1, 0.15) is 11.5 Å². The predicted octanol–water partition coefficient (Wildman–Crippen LogP) is 1.06. The third-order valence-electron chi connectivity index (χ3n) is 2.30. The topological polar surface area (TPSA) is 97.8 Å². The van der Waals surface area contributed by atoms with Crippen LogP contribution < -0.4 is 17.0 Å². The van der Waals surface area contributed by atoms with Gasteiger partial charge in [0.05, 0.1) is 0 Å². The number of H-pyrrole nitrogens is 1. The van der Waals surface area contributed by atoms with E-state index in [2.05, 4.69) is 16.9 Å². The largest absolute Gasteiger partial charge is 0.391 e. The number of nitrogen functional groups attached to an aromatic ring is 2. The lowest BCUT2D eigenvalue weighted by Gasteiger charge is -2.03. The van der Waals surface area contributed by atoms with Crippen molar-refractivity contribution >= 4 is 11.5 Å². The molecular formula is C10H18N4O. The lowest BCUT2D eigenvalue weighted by atomic mass is 10.1. The molecule has 5 nitrogen and oxygen atoms in total. The summed E-state index contributed by atoms with van der Waals surface area (Å²) in [5.41, 5.74) is 10.6. The van der Waals surface area contributed by atoms with Gasteiger partial charge in [0.15, 0.2) is 5.82 Å². The summed E-state index contributed by atoms with van der Waals surface area (Å²) in [7, 11) is 0. The number of hydrogen-bond donors (Lipinski definition) is 3. The molecule has 0 radical (unpaired) electrons. The first kappa shape index (κ1) is 11.6. The fourth-order valence-electron chi connectivity index (χ4n) is 1.39. The molecule has 0 fully saturated rings. The van der Waals surface area contributed by atoms with Crippen LogP contribution in [0.1, 0.15) is 38.4 Å². The van der Waals surface area contributed by atoms with E-state index in [-0.39, 0.29) is 17.1 Å². The molecule has 0 aliphatic carbocycles. The number of aromatic nitrogens is 2. The fourth-order valence-corrected chi connectivity index (χ4v) is 1.39. The predicted molar refractivity (Wildman–Crippen MR) is 61.5 cm³/mol. The molecule has 0 aliphatic heterocycles. The van der Waals surface area contributed by atoms with Crippen molar-refractivity contribution in [2.45, 2.75) is 39.0 Å². The molecule has 0 unspecified atom stereocenters. The van der Waals surface area contributed by atoms with E-state index in [1.54, 1.807) is 0 Å². The molecule has 0 aliphatic rings. The molecular weight excluding hydrogens is 192 g/mol. The summed E-state index contributed by atoms with van der Waals surface area (Å²) in [5, 5.41) is 0. The van der Waals surface area contributed by atoms with E-state index in [0.29, 0.717) is 5.82 Å². The molecule has 5 N–H and O–H groups in total. The Bertz CT molecular complexity index is 372. The zero-order chi connectivity index (χ0) is 11.3. The molecule has 1 aromatic heterocycles. The Morgan fingerprint density at radius 1 is 1.27 bits per heavy atom. The molecule has 5 heteroatoms. The minimum absolute atomic E-state index is 0.00677. The van der Waals surface area contributed by atoms with E-state index >= 15 is 0 Å². The van der Waals surface area contributed by atoms with Crippen LogP contribution in [0.5, 0.6) is 0 Å². The van der Waals surface area contributed by atoms with E-state index in [0.717, 1.165) is 19.3 Å². The van der Waals surface area contributed by atoms with Crippen LogP contribution in [-0.2, 0) is 6.42 Å². The molecule has 0 saturated heterocycles. The van der Waals surface area contributed by atoms with Gasteiger partial charge in [0.25, 0.3) is 5.56 Å². The maximum absolute atomic E-state index is 11.2. The third kappa shape index (κ3) is 3.27. The number of hydrogen-bond acceptors (Lipinski definition) is 4. The summed E-state index contributed by atoms with van der Waals surface area (Å²) >= 11 is 0. The first-order valence-corrected chi connectivity index (χ1v) is 5.29. The Balaban J connectivity index is 2.59. The van der Waals surface area contributed by atoms with Crippen molar-refractivity contribution in [1.82, 2.24) is 9.97 Å². The van der Waals surface area contributed by atoms with E-state index < -0.39 is 0 Å². The molecule has 84 valence electrons. The summed E-state index contributed by atoms with van der Waals surface area (Å²) in [6, 6.07) is 0. The maximum Gasteiger partial charge on any atom is 0.276 e. The molecule has 0 amide bonds. The van der Waals surface area contributed by atoms with Gasteiger partial charge in [-0.15, -0.1) is 0 Å². The minimum Gasteiger partial charge on any atom is -0.391 e. The summed E-state index contributed by atoms with van der Waals surface area (Å²) in [6.07, 6.45) is 5.30. The zero-order valence-corrected chi connectivity index (χ0v) is 9.05. The van der Waals surface area contributed by atoms with Crippen molar-refractivity contribution in [2.24, 2.45) is 0 Å². The molecule has 0 atom stereocenters. The first-order chi connectivity index (χ1) is 7.15. The lowest BCUT2D eigenvalue weighted by molar-refractivity contribution is 0.651. The maximum atomic E-state index is 11.2. The van der Waals surface area contributed by atoms with Crippen molar-refractivity contribution in [2.75, 3.05) is 11.5 Å². The number of nitrogens with one attached hydrogen (secondary N) is 1. The second kappa shape index (κ2) is 5.38. The van der Waals surface area contributed by atoms with Crippen LogP contribution in [0.3, 0.4) is 0 Å². The van der Waals surface area contributed by atoms with Crippen LogP contribution in [0.2, 0.25) is 0 Å². The normalized spacial score (nSPS) is 10.5. The third-order valence-corrected chi connectivity index (χ3v) is 2.30. The molecule has 0 saturated carbocycles. The number of aromatic amines is 1. The average molecular weight is 210 g/mol. The first-order valence-electron chi connectivity index (χ1n) is 5.29. The van der Waals surface area contributed by atoms with Crippen LogP contribution in [0.25, 0.3) is 0 Å². The van der Waals surface area contributed by atoms with Gasteiger partial charge < -0.3 is 16.5 Å². The van der Waals surface area contributed by atoms with E-state index in [9.17, 15) is 4.79 Å². The molecule has 1 heterocycles. The highest BCUT2D eigenvalue weighted by molar-refractivity contribution is 5.55. The Kier molecular flexibility index (Phi) is 4.15. The lowest BCUT2D eigenvalue weighted by Crippen LogP contribution is -2.18. The van der Waals surface area contributed by atoms with Gasteiger partial charge in [-0.1, -0.05) is 26.2 Å². The Labute approximate surface area is 88.9 Å². The van der Waals surface area contributed by atoms with E-state index in [1.165, 1.54) is 12.8 Å². The summed E-state index contributed by atoms with van der Waals surface area (Å²) in [4.78, 5) is 17.9. The van der Waals surface area contributed by atoms with Crippen molar-refractivity contribution < 1.29 is 0 Å². The number of anilines is 2. The second-order valence-electron chi connectivity index (χ2n) is 3.62. The van der Waals surface area contributed by atoms with Crippen LogP contribution in [0.4, 0.5) is 11.5 Å². The molecule has 1 rings (SSSR count). The highest BCUT2D eigenvalue weighted by atomic mass is 16.1. The number of unbranched alkanes of at least 4 members (excludes halogenated alkanes) is 3. The number of rotatable bonds is 5. The van der Waals surface area contributed by atoms with Gasteiger partial charge in [0.2, 0.25) is 0 Å². The Morgan fingerprint density at radius 2 is 2.00 bits per heavy atom. The highest BCUT2D eigenvalue weighted by Gasteiger charge is 2.04. The Morgan fingerprint density at radius 3 is 2.60 bits per heavy atom. The Hall–Kier alpha value is -1.52. The van der Waals surface area contributed by atoms with Crippen molar-refractivity contribution in [3.8, 4) is 0 Å². The van der Waals surface area contributed by atoms with Gasteiger partial charge in [-0.05, 0) is 6.42 Å². The summed E-state index contributed by atoms with van der Waals surface area (Å²) in [5.74, 6) is 0.757. The van der Waals surface area contributed by atoms with Crippen LogP contribution >= 0.6 is 0 Å². The summed E-state index contributed by atoms with van der Waals surface area (Å²) < 4.78 is 0. The number of aryl methyl sites for hydroxylation is 1. The van der Waals surface area contributed by atoms with Crippen LogP contribution in [0.15, 0.2) is 4.79 Å². The van der Waals surface area contributed by atoms with Gasteiger partial charge in [-0.25, -0.2) is 4.98 Å². The highest BCUT2D eigenvalue weighted by Crippen LogP contribution is 2.07. The second-order valence-corrected chi connectivity index (χ2v) is 3.62. The van der Waals surface area contributed by atoms with Crippen molar-refractivity contribution in [3.63, 3.8) is 0 Å². The molecule has 1 aromatic rings. The van der Waals surface area contributed by atoms with Gasteiger partial charge in [0, 0.05) is 6.42 Å². The van der Waals surface area contributed by atoms with Gasteiger partial charge in [-0.3, -0.25) is 4.79 Å². The molecule has 0 bridgehead atoms. The monoisotopic (exact) mass is 210 g/mol. The quantitative estimate of drug-likeness (QED) is 0.633. The van der Waals surface area contributed by atoms with Crippen LogP contribution in [-0.4, -0.2) is 9.97 Å². The van der Waals surface area contributed by atoms with Crippen molar-refractivity contribution in [3.05, 3.63) is 16.2 Å². The van der Waals surface area contributed by atoms with E-state index in [4.69, 9.17) is 11.5 Å². The van der Waals surface area contributed by atoms with Gasteiger partial charge >= 0.3 is 0 Å². The van der Waals surface area contributed by atoms with Gasteiger partial charge in [-0.2, -0.15) is 0 Å². The summed E-state index contributed by atoms with van der Waals surface area (Å²) in [6.45, 7) is 2.15. The molecule has 0 spiro atoms. The molecule has 15 heavy (non-hydrogen) atoms. The standard InChI is InChI=1S/C10H18N4O/c1-2-3-4-5-6-7-13-9(12)8(11)10(15)14-7/h2-6,11H2,1H3,(H3,12,13,14,15). The zero-order valence-electron chi connectivity index (χ0n) is 9.05. The smallest absolute Gasteiger partial charge is 0.276 e. The van der Waals surface area contributed by atoms with E-state index in [1.807, 2.05) is 0 Å². The number of nitrogens with two attached hydrogens (primary N) is 2. The fraction of sp³-hybridized carbons (Fsp3) is 0.600.